The Hall–Kier alpha value is -5.93. The molecule has 82 heavy (non-hydrogen) atoms. The largest absolute Gasteiger partial charge is 2.00 e. The molecule has 0 saturated carbocycles. The van der Waals surface area contributed by atoms with Gasteiger partial charge in [-0.2, -0.15) is 14.9 Å². The van der Waals surface area contributed by atoms with Crippen molar-refractivity contribution in [2.24, 2.45) is 20.7 Å². The number of aliphatic imine (C=N–C) groups is 1. The van der Waals surface area contributed by atoms with Crippen LogP contribution in [0.3, 0.4) is 0 Å². The van der Waals surface area contributed by atoms with Crippen molar-refractivity contribution < 1.29 is 68.1 Å². The number of nitrogens with zero attached hydrogens (tertiary/aromatic N) is 5. The molecule has 0 radical (unpaired) electrons. The molecule has 2 N–H and O–H groups in total. The normalized spacial score (nSPS) is 11.1. The number of aryl methyl sites for hydroxylation is 2. The van der Waals surface area contributed by atoms with Crippen molar-refractivity contribution >= 4 is 76.3 Å². The number of amides is 1. The van der Waals surface area contributed by atoms with E-state index in [0.717, 1.165) is 42.4 Å². The van der Waals surface area contributed by atoms with Crippen LogP contribution in [0.25, 0.3) is 0 Å². The fourth-order valence-corrected chi connectivity index (χ4v) is 7.49. The number of sulfonamides is 1. The van der Waals surface area contributed by atoms with E-state index in [4.69, 9.17) is 53.6 Å². The summed E-state index contributed by atoms with van der Waals surface area (Å²) in [5.41, 5.74) is 6.84. The second kappa shape index (κ2) is 44.6. The number of nitriles is 2. The zero-order valence-corrected chi connectivity index (χ0v) is 58.2. The summed E-state index contributed by atoms with van der Waals surface area (Å²) in [5, 5.41) is 25.1. The second-order valence-corrected chi connectivity index (χ2v) is 21.0. The van der Waals surface area contributed by atoms with Gasteiger partial charge in [0.05, 0.1) is 40.6 Å². The minimum absolute atomic E-state index is 0. The first-order valence-corrected chi connectivity index (χ1v) is 29.4. The zero-order chi connectivity index (χ0) is 63.1. The maximum Gasteiger partial charge on any atom is 2.00 e. The van der Waals surface area contributed by atoms with E-state index >= 15 is 0 Å². The standard InChI is InChI=1S/C27H32Cl2N4O5S.C24H31NO.C6H10N2.2C2H6.2CH2O.U/c1-7-20(31-18(2)32-39(6,35)36)17-38-23-10-8-21(9-11-23)33(26(34)27(3,4)5)22-14-19(16-30)25(24(29)15-22)37-13-12-28;1-7-17(3)16-26-23-19(8-2)13-22(14-20(23)15-25)24(5,6)21-11-9-18(4)10-12-21;1-4-6(2)8-5-7-3;4*1-2;/h7-11,14-15H,12-13,17H2,1-6H3,(H,31,32);9-14,17H,7-8,16H2,1-6H3;2H,4H2,1,3H3,(H,7,8);2*1-2H3;2*1H2;/q;;-2;;;;;+2/b20-7-;;;;;;;. The van der Waals surface area contributed by atoms with Crippen LogP contribution in [0.1, 0.15) is 150 Å². The van der Waals surface area contributed by atoms with Crippen LogP contribution in [0.2, 0.25) is 5.02 Å². The van der Waals surface area contributed by atoms with Gasteiger partial charge in [0.15, 0.2) is 5.75 Å². The van der Waals surface area contributed by atoms with Gasteiger partial charge in [0.1, 0.15) is 56.3 Å². The smallest absolute Gasteiger partial charge is 0.597 e. The van der Waals surface area contributed by atoms with Gasteiger partial charge in [0.25, 0.3) is 10.0 Å². The number of alkyl halides is 1. The van der Waals surface area contributed by atoms with E-state index in [1.54, 1.807) is 84.1 Å². The Labute approximate surface area is 526 Å². The molecule has 4 aromatic rings. The average molecular weight is 1410 g/mol. The fourth-order valence-electron chi connectivity index (χ4n) is 6.60. The number of anilines is 2. The number of amidine groups is 1. The Morgan fingerprint density at radius 3 is 1.87 bits per heavy atom. The van der Waals surface area contributed by atoms with Crippen molar-refractivity contribution in [1.29, 1.82) is 10.5 Å². The number of benzene rings is 4. The molecular formula is C63H89Cl2N7O8SU. The molecule has 0 aromatic heterocycles. The molecule has 0 aliphatic rings. The van der Waals surface area contributed by atoms with Crippen molar-refractivity contribution in [1.82, 2.24) is 10.6 Å². The maximum atomic E-state index is 13.5. The Kier molecular flexibility index (Phi) is 44.9. The first kappa shape index (κ1) is 82.5. The molecule has 4 rings (SSSR count). The molecule has 0 aliphatic heterocycles. The van der Waals surface area contributed by atoms with Gasteiger partial charge in [0.2, 0.25) is 5.91 Å². The van der Waals surface area contributed by atoms with Crippen molar-refractivity contribution in [2.45, 2.75) is 135 Å². The molecule has 448 valence electrons. The Balaban J connectivity index is -0.000000607. The molecular weight excluding hydrogens is 1320 g/mol. The van der Waals surface area contributed by atoms with E-state index in [1.165, 1.54) is 16.0 Å². The number of carbonyl (C=O) groups is 3. The molecule has 4 aromatic carbocycles. The monoisotopic (exact) mass is 1410 g/mol. The third kappa shape index (κ3) is 29.9. The van der Waals surface area contributed by atoms with Gasteiger partial charge >= 0.3 is 31.1 Å². The summed E-state index contributed by atoms with van der Waals surface area (Å²) in [6.45, 7) is 41.9. The Morgan fingerprint density at radius 2 is 1.41 bits per heavy atom. The van der Waals surface area contributed by atoms with Crippen molar-refractivity contribution in [3.8, 4) is 29.4 Å². The number of halogens is 2. The molecule has 15 nitrogen and oxygen atoms in total. The van der Waals surface area contributed by atoms with Crippen LogP contribution >= 0.6 is 23.2 Å². The summed E-state index contributed by atoms with van der Waals surface area (Å²) in [7, 11) is -1.80. The maximum absolute atomic E-state index is 13.5. The van der Waals surface area contributed by atoms with Gasteiger partial charge in [0, 0.05) is 22.2 Å². The Morgan fingerprint density at radius 1 is 0.866 bits per heavy atom. The number of hydrogen-bond donors (Lipinski definition) is 2. The number of hydrogen-bond acceptors (Lipinski definition) is 11. The predicted molar refractivity (Wildman–Crippen MR) is 336 cm³/mol. The van der Waals surface area contributed by atoms with Crippen LogP contribution in [-0.4, -0.2) is 79.1 Å². The van der Waals surface area contributed by atoms with E-state index in [0.29, 0.717) is 46.6 Å². The van der Waals surface area contributed by atoms with E-state index < -0.39 is 15.4 Å². The van der Waals surface area contributed by atoms with E-state index in [2.05, 4.69) is 110 Å². The molecule has 1 atom stereocenters. The summed E-state index contributed by atoms with van der Waals surface area (Å²) >= 11 is 12.2. The molecule has 19 heteroatoms. The summed E-state index contributed by atoms with van der Waals surface area (Å²) in [5.74, 6) is 2.20. The topological polar surface area (TPSA) is 213 Å². The first-order chi connectivity index (χ1) is 38.3. The zero-order valence-electron chi connectivity index (χ0n) is 51.7. The Bertz CT molecular complexity index is 2800. The molecule has 0 saturated heterocycles. The number of nitrogens with one attached hydrogen (secondary N) is 2. The van der Waals surface area contributed by atoms with Gasteiger partial charge < -0.3 is 51.7 Å². The van der Waals surface area contributed by atoms with Crippen LogP contribution in [0.4, 0.5) is 11.4 Å². The quantitative estimate of drug-likeness (QED) is 0.0278. The molecule has 1 unspecified atom stereocenters. The fraction of sp³-hybridized carbons (Fsp3) is 0.444. The first-order valence-electron chi connectivity index (χ1n) is 26.6. The molecule has 1 amide bonds. The van der Waals surface area contributed by atoms with Crippen molar-refractivity contribution in [3.63, 3.8) is 0 Å². The number of ether oxygens (including phenoxy) is 3. The number of rotatable bonds is 20. The van der Waals surface area contributed by atoms with Crippen molar-refractivity contribution in [2.75, 3.05) is 43.9 Å². The van der Waals surface area contributed by atoms with Crippen LogP contribution in [0.5, 0.6) is 17.2 Å². The third-order valence-corrected chi connectivity index (χ3v) is 12.1. The number of allylic oxidation sites excluding steroid dienone is 2. The summed E-state index contributed by atoms with van der Waals surface area (Å²) in [6.07, 6.45) is 7.96. The summed E-state index contributed by atoms with van der Waals surface area (Å²) < 4.78 is 43.8. The predicted octanol–water partition coefficient (Wildman–Crippen LogP) is 14.5. The van der Waals surface area contributed by atoms with Gasteiger partial charge in [-0.25, -0.2) is 8.42 Å². The average Bonchev–Trinajstić information content (AvgIpc) is 3.54. The number of carbonyl (C=O) groups excluding carboxylic acids is 3. The van der Waals surface area contributed by atoms with Crippen LogP contribution in [0, 0.1) is 78.6 Å². The van der Waals surface area contributed by atoms with Gasteiger partial charge in [-0.1, -0.05) is 156 Å². The van der Waals surface area contributed by atoms with E-state index in [9.17, 15) is 23.7 Å². The van der Waals surface area contributed by atoms with Crippen LogP contribution in [0.15, 0.2) is 99.7 Å². The molecule has 0 spiro atoms. The van der Waals surface area contributed by atoms with Gasteiger partial charge in [-0.05, 0) is 99.3 Å². The van der Waals surface area contributed by atoms with E-state index in [-0.39, 0.29) is 83.7 Å². The minimum atomic E-state index is -3.52. The van der Waals surface area contributed by atoms with Gasteiger partial charge in [-0.3, -0.25) is 9.69 Å². The molecule has 0 heterocycles. The molecule has 0 bridgehead atoms. The minimum Gasteiger partial charge on any atom is -0.597 e. The second-order valence-electron chi connectivity index (χ2n) is 18.6. The van der Waals surface area contributed by atoms with Crippen molar-refractivity contribution in [3.05, 3.63) is 135 Å². The molecule has 0 aliphatic carbocycles. The third-order valence-electron chi connectivity index (χ3n) is 11.1. The van der Waals surface area contributed by atoms with Crippen LogP contribution < -0.4 is 29.7 Å². The molecule has 0 fully saturated rings. The summed E-state index contributed by atoms with van der Waals surface area (Å²) in [6, 6.07) is 27.3. The van der Waals surface area contributed by atoms with Gasteiger partial charge in [-0.15, -0.1) is 18.0 Å². The van der Waals surface area contributed by atoms with E-state index in [1.807, 2.05) is 54.3 Å². The summed E-state index contributed by atoms with van der Waals surface area (Å²) in [4.78, 5) is 34.7. The van der Waals surface area contributed by atoms with Crippen LogP contribution in [-0.2, 0) is 36.2 Å². The SMILES string of the molecule is C/C=C(/COc1ccc(N(C(=O)C(C)(C)C)c2cc(Cl)c(OCCCl)c(C#N)c2)cc1)N/C(C)=N/S(C)(=O)=O.C=O.C=O.CC.CC.CCc1cc(C(C)(C)c2ccc(C)cc2)cc(C#N)c1OCC(C)CC.[CH-]=C(CC)N=[C-]NC.[U+2].